The minimum absolute atomic E-state index is 0.0296. The molecule has 0 aliphatic carbocycles. The third kappa shape index (κ3) is 4.75. The Bertz CT molecular complexity index is 776. The number of hydrogen-bond donors (Lipinski definition) is 0. The summed E-state index contributed by atoms with van der Waals surface area (Å²) >= 11 is 0. The second kappa shape index (κ2) is 8.07. The third-order valence-electron chi connectivity index (χ3n) is 4.50. The molecule has 0 spiro atoms. The number of carbonyl (C=O) groups excluding carboxylic acids is 2. The summed E-state index contributed by atoms with van der Waals surface area (Å²) in [7, 11) is 0.638. The van der Waals surface area contributed by atoms with Gasteiger partial charge in [-0.25, -0.2) is 13.2 Å². The molecule has 7 nitrogen and oxygen atoms in total. The van der Waals surface area contributed by atoms with E-state index in [-0.39, 0.29) is 23.5 Å². The lowest BCUT2D eigenvalue weighted by Gasteiger charge is -2.29. The Balaban J connectivity index is 2.05. The molecule has 144 valence electrons. The molecule has 8 heteroatoms. The van der Waals surface area contributed by atoms with Crippen LogP contribution in [-0.2, 0) is 19.4 Å². The van der Waals surface area contributed by atoms with Crippen LogP contribution in [0.2, 0.25) is 0 Å². The maximum atomic E-state index is 12.7. The van der Waals surface area contributed by atoms with E-state index in [0.717, 1.165) is 5.69 Å². The second-order valence-electron chi connectivity index (χ2n) is 6.67. The molecule has 0 N–H and O–H groups in total. The minimum atomic E-state index is -3.10. The molecule has 1 aromatic rings. The van der Waals surface area contributed by atoms with Crippen LogP contribution in [-0.4, -0.2) is 69.5 Å². The van der Waals surface area contributed by atoms with Crippen molar-refractivity contribution in [3.63, 3.8) is 0 Å². The zero-order chi connectivity index (χ0) is 19.5. The van der Waals surface area contributed by atoms with E-state index >= 15 is 0 Å². The van der Waals surface area contributed by atoms with Crippen molar-refractivity contribution in [2.45, 2.75) is 32.4 Å². The summed E-state index contributed by atoms with van der Waals surface area (Å²) in [5.74, 6) is -0.887. The van der Waals surface area contributed by atoms with Gasteiger partial charge in [-0.2, -0.15) is 0 Å². The van der Waals surface area contributed by atoms with Gasteiger partial charge >= 0.3 is 5.97 Å². The quantitative estimate of drug-likeness (QED) is 0.690. The molecule has 2 rings (SSSR count). The highest BCUT2D eigenvalue weighted by Gasteiger charge is 2.36. The van der Waals surface area contributed by atoms with Gasteiger partial charge < -0.3 is 14.5 Å². The molecule has 0 unspecified atom stereocenters. The van der Waals surface area contributed by atoms with Gasteiger partial charge in [0.25, 0.3) is 5.91 Å². The largest absolute Gasteiger partial charge is 0.449 e. The Labute approximate surface area is 154 Å². The minimum Gasteiger partial charge on any atom is -0.449 e. The highest BCUT2D eigenvalue weighted by atomic mass is 32.2. The Morgan fingerprint density at radius 2 is 2.00 bits per heavy atom. The number of sulfone groups is 1. The predicted octanol–water partition coefficient (Wildman–Crippen LogP) is 1.33. The van der Waals surface area contributed by atoms with Crippen LogP contribution in [0.15, 0.2) is 24.3 Å². The first kappa shape index (κ1) is 20.2. The smallest absolute Gasteiger partial charge is 0.338 e. The van der Waals surface area contributed by atoms with Crippen molar-refractivity contribution in [3.8, 4) is 0 Å². The SMILES string of the molecule is CCN(C(=O)[C@H](C)OC(=O)c1cccc(N(C)C)c1)[C@@H]1CCS(=O)(=O)C1. The molecule has 1 aliphatic heterocycles. The summed E-state index contributed by atoms with van der Waals surface area (Å²) in [6, 6.07) is 6.59. The zero-order valence-corrected chi connectivity index (χ0v) is 16.5. The predicted molar refractivity (Wildman–Crippen MR) is 100 cm³/mol. The van der Waals surface area contributed by atoms with Crippen molar-refractivity contribution in [3.05, 3.63) is 29.8 Å². The fourth-order valence-electron chi connectivity index (χ4n) is 3.04. The first-order chi connectivity index (χ1) is 12.1. The molecule has 1 amide bonds. The van der Waals surface area contributed by atoms with Crippen LogP contribution in [0.1, 0.15) is 30.6 Å². The number of likely N-dealkylation sites (N-methyl/N-ethyl adjacent to an activating group) is 1. The molecule has 26 heavy (non-hydrogen) atoms. The fourth-order valence-corrected chi connectivity index (χ4v) is 4.77. The molecular formula is C18H26N2O5S. The van der Waals surface area contributed by atoms with Crippen molar-refractivity contribution in [1.82, 2.24) is 4.90 Å². The fraction of sp³-hybridized carbons (Fsp3) is 0.556. The standard InChI is InChI=1S/C18H26N2O5S/c1-5-20(16-9-10-26(23,24)12-16)17(21)13(2)25-18(22)14-7-6-8-15(11-14)19(3)4/h6-8,11,13,16H,5,9-10,12H2,1-4H3/t13-,16+/m0/s1. The van der Waals surface area contributed by atoms with Crippen molar-refractivity contribution in [2.75, 3.05) is 37.0 Å². The van der Waals surface area contributed by atoms with Crippen molar-refractivity contribution in [1.29, 1.82) is 0 Å². The summed E-state index contributed by atoms with van der Waals surface area (Å²) < 4.78 is 28.7. The number of ether oxygens (including phenoxy) is 1. The maximum absolute atomic E-state index is 12.7. The average molecular weight is 382 g/mol. The van der Waals surface area contributed by atoms with Crippen LogP contribution >= 0.6 is 0 Å². The lowest BCUT2D eigenvalue weighted by Crippen LogP contribution is -2.46. The Morgan fingerprint density at radius 1 is 1.31 bits per heavy atom. The number of rotatable bonds is 6. The van der Waals surface area contributed by atoms with Gasteiger partial charge in [-0.15, -0.1) is 0 Å². The molecule has 1 heterocycles. The number of esters is 1. The van der Waals surface area contributed by atoms with Gasteiger partial charge in [0.2, 0.25) is 0 Å². The highest BCUT2D eigenvalue weighted by molar-refractivity contribution is 7.91. The van der Waals surface area contributed by atoms with E-state index in [1.54, 1.807) is 25.1 Å². The van der Waals surface area contributed by atoms with E-state index in [1.165, 1.54) is 11.8 Å². The van der Waals surface area contributed by atoms with Crippen LogP contribution in [0.3, 0.4) is 0 Å². The first-order valence-electron chi connectivity index (χ1n) is 8.64. The van der Waals surface area contributed by atoms with E-state index < -0.39 is 21.9 Å². The molecule has 0 bridgehead atoms. The first-order valence-corrected chi connectivity index (χ1v) is 10.5. The maximum Gasteiger partial charge on any atom is 0.338 e. The third-order valence-corrected chi connectivity index (χ3v) is 6.25. The van der Waals surface area contributed by atoms with E-state index in [4.69, 9.17) is 4.74 Å². The van der Waals surface area contributed by atoms with Crippen molar-refractivity contribution < 1.29 is 22.7 Å². The lowest BCUT2D eigenvalue weighted by molar-refractivity contribution is -0.141. The summed E-state index contributed by atoms with van der Waals surface area (Å²) in [4.78, 5) is 28.4. The summed E-state index contributed by atoms with van der Waals surface area (Å²) in [6.07, 6.45) is -0.554. The monoisotopic (exact) mass is 382 g/mol. The van der Waals surface area contributed by atoms with Crippen LogP contribution in [0.4, 0.5) is 5.69 Å². The molecule has 1 aromatic carbocycles. The molecule has 1 saturated heterocycles. The Hall–Kier alpha value is -2.09. The van der Waals surface area contributed by atoms with Gasteiger partial charge in [0.1, 0.15) is 0 Å². The Kier molecular flexibility index (Phi) is 6.28. The zero-order valence-electron chi connectivity index (χ0n) is 15.6. The normalized spacial score (nSPS) is 19.6. The number of carbonyl (C=O) groups is 2. The van der Waals surface area contributed by atoms with Gasteiger partial charge in [0, 0.05) is 32.4 Å². The molecule has 1 aliphatic rings. The van der Waals surface area contributed by atoms with Crippen LogP contribution in [0.5, 0.6) is 0 Å². The summed E-state index contributed by atoms with van der Waals surface area (Å²) in [5.41, 5.74) is 1.21. The number of amides is 1. The molecule has 1 fully saturated rings. The number of hydrogen-bond acceptors (Lipinski definition) is 6. The van der Waals surface area contributed by atoms with Gasteiger partial charge in [-0.1, -0.05) is 6.07 Å². The number of anilines is 1. The lowest BCUT2D eigenvalue weighted by atomic mass is 10.2. The molecular weight excluding hydrogens is 356 g/mol. The van der Waals surface area contributed by atoms with Crippen molar-refractivity contribution >= 4 is 27.4 Å². The van der Waals surface area contributed by atoms with Gasteiger partial charge in [-0.3, -0.25) is 4.79 Å². The van der Waals surface area contributed by atoms with E-state index in [2.05, 4.69) is 0 Å². The summed E-state index contributed by atoms with van der Waals surface area (Å²) in [5, 5.41) is 0. The number of benzene rings is 1. The van der Waals surface area contributed by atoms with Crippen molar-refractivity contribution in [2.24, 2.45) is 0 Å². The second-order valence-corrected chi connectivity index (χ2v) is 8.90. The molecule has 2 atom stereocenters. The highest BCUT2D eigenvalue weighted by Crippen LogP contribution is 2.20. The van der Waals surface area contributed by atoms with Gasteiger partial charge in [0.15, 0.2) is 15.9 Å². The van der Waals surface area contributed by atoms with Crippen LogP contribution in [0, 0.1) is 0 Å². The number of nitrogens with zero attached hydrogens (tertiary/aromatic N) is 2. The van der Waals surface area contributed by atoms with E-state index in [1.807, 2.05) is 25.1 Å². The van der Waals surface area contributed by atoms with Gasteiger partial charge in [0.05, 0.1) is 17.1 Å². The van der Waals surface area contributed by atoms with E-state index in [0.29, 0.717) is 18.5 Å². The van der Waals surface area contributed by atoms with E-state index in [9.17, 15) is 18.0 Å². The summed E-state index contributed by atoms with van der Waals surface area (Å²) in [6.45, 7) is 3.68. The molecule has 0 radical (unpaired) electrons. The molecule has 0 aromatic heterocycles. The van der Waals surface area contributed by atoms with Gasteiger partial charge in [-0.05, 0) is 38.5 Å². The molecule has 0 saturated carbocycles. The van der Waals surface area contributed by atoms with Crippen LogP contribution < -0.4 is 4.90 Å². The topological polar surface area (TPSA) is 84.0 Å². The average Bonchev–Trinajstić information content (AvgIpc) is 2.95. The van der Waals surface area contributed by atoms with Crippen LogP contribution in [0.25, 0.3) is 0 Å². The Morgan fingerprint density at radius 3 is 2.54 bits per heavy atom.